The summed E-state index contributed by atoms with van der Waals surface area (Å²) in [7, 11) is 0. The fourth-order valence-electron chi connectivity index (χ4n) is 4.69. The van der Waals surface area contributed by atoms with Crippen molar-refractivity contribution in [3.8, 4) is 5.75 Å². The fraction of sp³-hybridized carbons (Fsp3) is 0.444. The van der Waals surface area contributed by atoms with E-state index in [2.05, 4.69) is 10.6 Å². The summed E-state index contributed by atoms with van der Waals surface area (Å²) >= 11 is 0. The zero-order chi connectivity index (χ0) is 25.1. The molecule has 1 spiro atoms. The highest BCUT2D eigenvalue weighted by molar-refractivity contribution is 5.89. The molecule has 0 unspecified atom stereocenters. The summed E-state index contributed by atoms with van der Waals surface area (Å²) in [6.45, 7) is 6.25. The van der Waals surface area contributed by atoms with Gasteiger partial charge in [0.2, 0.25) is 11.8 Å². The lowest BCUT2D eigenvalue weighted by Crippen LogP contribution is -2.57. The largest absolute Gasteiger partial charge is 0.487 e. The third-order valence-electron chi connectivity index (χ3n) is 6.82. The molecular formula is C27H33N3O5. The van der Waals surface area contributed by atoms with Gasteiger partial charge in [0.25, 0.3) is 0 Å². The smallest absolute Gasteiger partial charge is 0.408 e. The molecule has 4 rings (SSSR count). The number of piperidine rings is 1. The van der Waals surface area contributed by atoms with Gasteiger partial charge in [-0.05, 0) is 25.5 Å². The Morgan fingerprint density at radius 2 is 1.71 bits per heavy atom. The highest BCUT2D eigenvalue weighted by Gasteiger charge is 2.45. The van der Waals surface area contributed by atoms with Crippen LogP contribution in [0.4, 0.5) is 4.79 Å². The van der Waals surface area contributed by atoms with Crippen LogP contribution in [-0.2, 0) is 20.9 Å². The van der Waals surface area contributed by atoms with E-state index >= 15 is 0 Å². The molecule has 2 aliphatic rings. The maximum atomic E-state index is 13.3. The zero-order valence-electron chi connectivity index (χ0n) is 20.5. The van der Waals surface area contributed by atoms with E-state index in [9.17, 15) is 14.4 Å². The van der Waals surface area contributed by atoms with Gasteiger partial charge < -0.3 is 25.0 Å². The number of alkyl carbamates (subject to hydrolysis) is 1. The lowest BCUT2D eigenvalue weighted by Gasteiger charge is -2.47. The standard InChI is InChI=1S/C27H33N3O5/c1-19(31)30-15-13-27(14-16-30)17-22(21-11-7-8-12-23(21)35-27)28-24(32)26(2,3)29-25(33)34-18-20-9-5-4-6-10-20/h4-12,22H,13-18H2,1-3H3,(H,28,32)(H,29,33)/t22-/m0/s1. The van der Waals surface area contributed by atoms with Crippen LogP contribution in [0.25, 0.3) is 0 Å². The van der Waals surface area contributed by atoms with Gasteiger partial charge in [-0.2, -0.15) is 0 Å². The minimum atomic E-state index is -1.19. The minimum absolute atomic E-state index is 0.0629. The lowest BCUT2D eigenvalue weighted by atomic mass is 9.80. The Balaban J connectivity index is 1.42. The van der Waals surface area contributed by atoms with Crippen molar-refractivity contribution in [1.82, 2.24) is 15.5 Å². The van der Waals surface area contributed by atoms with Gasteiger partial charge in [0.15, 0.2) is 0 Å². The predicted molar refractivity (Wildman–Crippen MR) is 131 cm³/mol. The van der Waals surface area contributed by atoms with Crippen LogP contribution in [0.15, 0.2) is 54.6 Å². The van der Waals surface area contributed by atoms with Gasteiger partial charge in [-0.15, -0.1) is 0 Å². The second-order valence-electron chi connectivity index (χ2n) is 9.87. The molecule has 8 nitrogen and oxygen atoms in total. The molecule has 1 saturated heterocycles. The summed E-state index contributed by atoms with van der Waals surface area (Å²) in [5, 5.41) is 5.81. The van der Waals surface area contributed by atoms with Crippen LogP contribution in [0.2, 0.25) is 0 Å². The molecule has 2 aromatic carbocycles. The number of benzene rings is 2. The number of hydrogen-bond donors (Lipinski definition) is 2. The van der Waals surface area contributed by atoms with E-state index in [1.54, 1.807) is 20.8 Å². The van der Waals surface area contributed by atoms with Crippen LogP contribution in [0.5, 0.6) is 5.75 Å². The van der Waals surface area contributed by atoms with Crippen LogP contribution in [0.3, 0.4) is 0 Å². The van der Waals surface area contributed by atoms with E-state index in [-0.39, 0.29) is 24.5 Å². The third kappa shape index (κ3) is 5.75. The van der Waals surface area contributed by atoms with Gasteiger partial charge in [-0.25, -0.2) is 4.79 Å². The van der Waals surface area contributed by atoms with E-state index < -0.39 is 17.2 Å². The van der Waals surface area contributed by atoms with E-state index in [1.807, 2.05) is 59.5 Å². The number of likely N-dealkylation sites (tertiary alicyclic amines) is 1. The first-order valence-electron chi connectivity index (χ1n) is 12.0. The summed E-state index contributed by atoms with van der Waals surface area (Å²) in [6, 6.07) is 16.8. The highest BCUT2D eigenvalue weighted by Crippen LogP contribution is 2.44. The molecule has 1 atom stereocenters. The molecule has 8 heteroatoms. The molecule has 0 saturated carbocycles. The number of carbonyl (C=O) groups excluding carboxylic acids is 3. The quantitative estimate of drug-likeness (QED) is 0.682. The van der Waals surface area contributed by atoms with Crippen molar-refractivity contribution in [2.45, 2.75) is 63.8 Å². The minimum Gasteiger partial charge on any atom is -0.487 e. The highest BCUT2D eigenvalue weighted by atomic mass is 16.5. The number of fused-ring (bicyclic) bond motifs is 1. The van der Waals surface area contributed by atoms with Gasteiger partial charge in [-0.3, -0.25) is 9.59 Å². The summed E-state index contributed by atoms with van der Waals surface area (Å²) < 4.78 is 11.7. The van der Waals surface area contributed by atoms with Gasteiger partial charge in [-0.1, -0.05) is 48.5 Å². The summed E-state index contributed by atoms with van der Waals surface area (Å²) in [6.07, 6.45) is 1.33. The van der Waals surface area contributed by atoms with Crippen LogP contribution in [-0.4, -0.2) is 47.0 Å². The Bertz CT molecular complexity index is 1080. The number of para-hydroxylation sites is 1. The number of rotatable bonds is 5. The van der Waals surface area contributed by atoms with E-state index in [0.717, 1.165) is 16.9 Å². The Morgan fingerprint density at radius 1 is 1.06 bits per heavy atom. The Hall–Kier alpha value is -3.55. The van der Waals surface area contributed by atoms with Crippen molar-refractivity contribution in [1.29, 1.82) is 0 Å². The van der Waals surface area contributed by atoms with Crippen LogP contribution in [0.1, 0.15) is 57.2 Å². The van der Waals surface area contributed by atoms with Crippen molar-refractivity contribution in [2.75, 3.05) is 13.1 Å². The number of amides is 3. The number of nitrogens with zero attached hydrogens (tertiary/aromatic N) is 1. The van der Waals surface area contributed by atoms with Crippen LogP contribution >= 0.6 is 0 Å². The molecule has 186 valence electrons. The van der Waals surface area contributed by atoms with Crippen LogP contribution in [0, 0.1) is 0 Å². The topological polar surface area (TPSA) is 97.0 Å². The molecule has 2 aliphatic heterocycles. The number of ether oxygens (including phenoxy) is 2. The first-order chi connectivity index (χ1) is 16.7. The summed E-state index contributed by atoms with van der Waals surface area (Å²) in [4.78, 5) is 39.3. The second-order valence-corrected chi connectivity index (χ2v) is 9.87. The molecule has 0 aliphatic carbocycles. The lowest BCUT2D eigenvalue weighted by molar-refractivity contribution is -0.133. The number of nitrogens with one attached hydrogen (secondary N) is 2. The summed E-state index contributed by atoms with van der Waals surface area (Å²) in [5.41, 5.74) is 0.129. The second kappa shape index (κ2) is 9.98. The molecule has 3 amide bonds. The SMILES string of the molecule is CC(=O)N1CCC2(CC1)C[C@H](NC(=O)C(C)(C)NC(=O)OCc1ccccc1)c1ccccc1O2. The zero-order valence-corrected chi connectivity index (χ0v) is 20.5. The maximum Gasteiger partial charge on any atom is 0.408 e. The molecule has 1 fully saturated rings. The first-order valence-corrected chi connectivity index (χ1v) is 12.0. The average molecular weight is 480 g/mol. The fourth-order valence-corrected chi connectivity index (χ4v) is 4.69. The Labute approximate surface area is 206 Å². The van der Waals surface area contributed by atoms with Crippen molar-refractivity contribution >= 4 is 17.9 Å². The summed E-state index contributed by atoms with van der Waals surface area (Å²) in [5.74, 6) is 0.494. The van der Waals surface area contributed by atoms with Gasteiger partial charge in [0.1, 0.15) is 23.5 Å². The van der Waals surface area contributed by atoms with Crippen LogP contribution < -0.4 is 15.4 Å². The number of hydrogen-bond acceptors (Lipinski definition) is 5. The van der Waals surface area contributed by atoms with E-state index in [4.69, 9.17) is 9.47 Å². The molecule has 35 heavy (non-hydrogen) atoms. The Morgan fingerprint density at radius 3 is 2.40 bits per heavy atom. The monoisotopic (exact) mass is 479 g/mol. The Kier molecular flexibility index (Phi) is 7.00. The molecule has 0 aromatic heterocycles. The molecule has 2 heterocycles. The van der Waals surface area contributed by atoms with Crippen molar-refractivity contribution < 1.29 is 23.9 Å². The van der Waals surface area contributed by atoms with Gasteiger partial charge in [0, 0.05) is 44.8 Å². The van der Waals surface area contributed by atoms with Crippen molar-refractivity contribution in [3.05, 3.63) is 65.7 Å². The van der Waals surface area contributed by atoms with E-state index in [0.29, 0.717) is 32.4 Å². The maximum absolute atomic E-state index is 13.3. The average Bonchev–Trinajstić information content (AvgIpc) is 2.83. The predicted octanol–water partition coefficient (Wildman–Crippen LogP) is 3.71. The van der Waals surface area contributed by atoms with Gasteiger partial charge >= 0.3 is 6.09 Å². The normalized spacial score (nSPS) is 18.7. The van der Waals surface area contributed by atoms with Gasteiger partial charge in [0.05, 0.1) is 6.04 Å². The molecule has 2 N–H and O–H groups in total. The van der Waals surface area contributed by atoms with Crippen molar-refractivity contribution in [2.24, 2.45) is 0 Å². The molecule has 0 radical (unpaired) electrons. The molecule has 2 aromatic rings. The molecule has 0 bridgehead atoms. The third-order valence-corrected chi connectivity index (χ3v) is 6.82. The molecular weight excluding hydrogens is 446 g/mol. The number of carbonyl (C=O) groups is 3. The first kappa shape index (κ1) is 24.6. The van der Waals surface area contributed by atoms with E-state index in [1.165, 1.54) is 0 Å². The van der Waals surface area contributed by atoms with Crippen molar-refractivity contribution in [3.63, 3.8) is 0 Å².